The van der Waals surface area contributed by atoms with Crippen LogP contribution in [0.3, 0.4) is 0 Å². The normalized spacial score (nSPS) is 12.6. The summed E-state index contributed by atoms with van der Waals surface area (Å²) in [5.74, 6) is 0.594. The lowest BCUT2D eigenvalue weighted by Crippen LogP contribution is -1.99. The van der Waals surface area contributed by atoms with Crippen LogP contribution in [-0.4, -0.2) is 21.1 Å². The summed E-state index contributed by atoms with van der Waals surface area (Å²) in [4.78, 5) is 0. The molecule has 90 valence electrons. The highest BCUT2D eigenvalue weighted by molar-refractivity contribution is 9.10. The number of benzene rings is 1. The summed E-state index contributed by atoms with van der Waals surface area (Å²) in [6, 6.07) is 7.69. The van der Waals surface area contributed by atoms with Gasteiger partial charge in [0.15, 0.2) is 4.34 Å². The fourth-order valence-electron chi connectivity index (χ4n) is 1.27. The van der Waals surface area contributed by atoms with Crippen molar-refractivity contribution in [1.82, 2.24) is 10.2 Å². The molecule has 0 aliphatic heterocycles. The lowest BCUT2D eigenvalue weighted by atomic mass is 10.1. The summed E-state index contributed by atoms with van der Waals surface area (Å²) in [5, 5.41) is 18.9. The largest absolute Gasteiger partial charge is 0.388 e. The smallest absolute Gasteiger partial charge is 0.174 e. The Morgan fingerprint density at radius 3 is 2.65 bits per heavy atom. The summed E-state index contributed by atoms with van der Waals surface area (Å²) >= 11 is 6.45. The third-order valence-corrected chi connectivity index (χ3v) is 4.70. The van der Waals surface area contributed by atoms with Crippen LogP contribution in [0.4, 0.5) is 0 Å². The van der Waals surface area contributed by atoms with Crippen molar-refractivity contribution in [3.8, 4) is 0 Å². The maximum absolute atomic E-state index is 10.00. The number of halogens is 1. The Morgan fingerprint density at radius 1 is 1.35 bits per heavy atom. The van der Waals surface area contributed by atoms with Crippen molar-refractivity contribution in [3.63, 3.8) is 0 Å². The Labute approximate surface area is 116 Å². The molecule has 0 amide bonds. The van der Waals surface area contributed by atoms with Crippen molar-refractivity contribution in [3.05, 3.63) is 39.3 Å². The van der Waals surface area contributed by atoms with Crippen LogP contribution in [-0.2, 0) is 0 Å². The Bertz CT molecular complexity index is 486. The van der Waals surface area contributed by atoms with Crippen LogP contribution < -0.4 is 0 Å². The molecule has 2 aromatic rings. The molecule has 1 aromatic carbocycles. The molecule has 6 heteroatoms. The van der Waals surface area contributed by atoms with Gasteiger partial charge < -0.3 is 5.11 Å². The molecule has 3 nitrogen and oxygen atoms in total. The minimum Gasteiger partial charge on any atom is -0.388 e. The van der Waals surface area contributed by atoms with Crippen LogP contribution in [0, 0.1) is 6.92 Å². The Balaban J connectivity index is 1.93. The zero-order valence-electron chi connectivity index (χ0n) is 9.13. The third-order valence-electron chi connectivity index (χ3n) is 2.13. The Kier molecular flexibility index (Phi) is 4.55. The third kappa shape index (κ3) is 3.77. The van der Waals surface area contributed by atoms with E-state index >= 15 is 0 Å². The van der Waals surface area contributed by atoms with E-state index in [1.54, 1.807) is 11.3 Å². The Morgan fingerprint density at radius 2 is 2.06 bits per heavy atom. The van der Waals surface area contributed by atoms with E-state index in [4.69, 9.17) is 0 Å². The van der Waals surface area contributed by atoms with Gasteiger partial charge in [-0.1, -0.05) is 51.2 Å². The van der Waals surface area contributed by atoms with Gasteiger partial charge in [-0.3, -0.25) is 0 Å². The molecule has 1 heterocycles. The molecule has 0 fully saturated rings. The van der Waals surface area contributed by atoms with Crippen molar-refractivity contribution in [2.24, 2.45) is 0 Å². The van der Waals surface area contributed by atoms with Crippen molar-refractivity contribution in [2.75, 3.05) is 5.75 Å². The molecule has 0 bridgehead atoms. The van der Waals surface area contributed by atoms with Gasteiger partial charge in [0.1, 0.15) is 5.01 Å². The van der Waals surface area contributed by atoms with Crippen LogP contribution in [0.5, 0.6) is 0 Å². The highest BCUT2D eigenvalue weighted by atomic mass is 79.9. The first-order valence-electron chi connectivity index (χ1n) is 5.01. The molecule has 0 aliphatic rings. The summed E-state index contributed by atoms with van der Waals surface area (Å²) in [7, 11) is 0. The topological polar surface area (TPSA) is 46.0 Å². The van der Waals surface area contributed by atoms with Gasteiger partial charge in [0.2, 0.25) is 0 Å². The van der Waals surface area contributed by atoms with Crippen LogP contribution in [0.15, 0.2) is 33.1 Å². The predicted octanol–water partition coefficient (Wildman–Crippen LogP) is 3.43. The van der Waals surface area contributed by atoms with Crippen molar-refractivity contribution >= 4 is 39.0 Å². The van der Waals surface area contributed by atoms with E-state index in [2.05, 4.69) is 26.1 Å². The van der Waals surface area contributed by atoms with Gasteiger partial charge in [-0.2, -0.15) is 0 Å². The fourth-order valence-corrected chi connectivity index (χ4v) is 3.34. The second-order valence-electron chi connectivity index (χ2n) is 3.47. The molecule has 2 rings (SSSR count). The number of hydrogen-bond donors (Lipinski definition) is 1. The number of nitrogens with zero attached hydrogens (tertiary/aromatic N) is 2. The van der Waals surface area contributed by atoms with E-state index in [9.17, 15) is 5.11 Å². The first-order valence-corrected chi connectivity index (χ1v) is 7.61. The zero-order chi connectivity index (χ0) is 12.3. The van der Waals surface area contributed by atoms with E-state index in [1.165, 1.54) is 11.8 Å². The van der Waals surface area contributed by atoms with E-state index in [1.807, 2.05) is 31.2 Å². The molecule has 0 unspecified atom stereocenters. The predicted molar refractivity (Wildman–Crippen MR) is 74.5 cm³/mol. The second-order valence-corrected chi connectivity index (χ2v) is 6.83. The second kappa shape index (κ2) is 5.95. The van der Waals surface area contributed by atoms with Gasteiger partial charge >= 0.3 is 0 Å². The van der Waals surface area contributed by atoms with E-state index < -0.39 is 6.10 Å². The fraction of sp³-hybridized carbons (Fsp3) is 0.273. The van der Waals surface area contributed by atoms with Crippen molar-refractivity contribution < 1.29 is 5.11 Å². The molecule has 17 heavy (non-hydrogen) atoms. The van der Waals surface area contributed by atoms with Crippen molar-refractivity contribution in [1.29, 1.82) is 0 Å². The van der Waals surface area contributed by atoms with Gasteiger partial charge in [0.05, 0.1) is 6.10 Å². The molecule has 0 radical (unpaired) electrons. The zero-order valence-corrected chi connectivity index (χ0v) is 12.3. The minimum atomic E-state index is -0.475. The van der Waals surface area contributed by atoms with E-state index in [-0.39, 0.29) is 0 Å². The molecular formula is C11H11BrN2OS2. The van der Waals surface area contributed by atoms with Gasteiger partial charge in [-0.05, 0) is 24.6 Å². The standard InChI is InChI=1S/C11H11BrN2OS2/c1-7-13-14-11(17-7)16-6-10(15)8-2-4-9(12)5-3-8/h2-5,10,15H,6H2,1H3/t10-/m1/s1. The number of aliphatic hydroxyl groups is 1. The molecule has 0 saturated heterocycles. The first-order chi connectivity index (χ1) is 8.15. The van der Waals surface area contributed by atoms with Gasteiger partial charge in [-0.15, -0.1) is 10.2 Å². The van der Waals surface area contributed by atoms with Gasteiger partial charge in [0.25, 0.3) is 0 Å². The van der Waals surface area contributed by atoms with E-state index in [0.717, 1.165) is 19.4 Å². The number of hydrogen-bond acceptors (Lipinski definition) is 5. The number of aliphatic hydroxyl groups excluding tert-OH is 1. The van der Waals surface area contributed by atoms with Crippen LogP contribution in [0.2, 0.25) is 0 Å². The average molecular weight is 331 g/mol. The van der Waals surface area contributed by atoms with Crippen molar-refractivity contribution in [2.45, 2.75) is 17.4 Å². The number of aryl methyl sites for hydroxylation is 1. The summed E-state index contributed by atoms with van der Waals surface area (Å²) in [5.41, 5.74) is 0.918. The SMILES string of the molecule is Cc1nnc(SC[C@@H](O)c2ccc(Br)cc2)s1. The quantitative estimate of drug-likeness (QED) is 0.872. The average Bonchev–Trinajstić information content (AvgIpc) is 2.73. The molecular weight excluding hydrogens is 320 g/mol. The number of aromatic nitrogens is 2. The lowest BCUT2D eigenvalue weighted by Gasteiger charge is -2.09. The molecule has 0 saturated carbocycles. The van der Waals surface area contributed by atoms with Crippen LogP contribution in [0.1, 0.15) is 16.7 Å². The van der Waals surface area contributed by atoms with Crippen LogP contribution >= 0.6 is 39.0 Å². The summed E-state index contributed by atoms with van der Waals surface area (Å²) < 4.78 is 1.92. The monoisotopic (exact) mass is 330 g/mol. The van der Waals surface area contributed by atoms with Gasteiger partial charge in [-0.25, -0.2) is 0 Å². The highest BCUT2D eigenvalue weighted by Gasteiger charge is 2.10. The van der Waals surface area contributed by atoms with Crippen LogP contribution in [0.25, 0.3) is 0 Å². The Hall–Kier alpha value is -0.430. The maximum Gasteiger partial charge on any atom is 0.174 e. The highest BCUT2D eigenvalue weighted by Crippen LogP contribution is 2.27. The molecule has 1 N–H and O–H groups in total. The molecule has 1 aromatic heterocycles. The number of thioether (sulfide) groups is 1. The first kappa shape index (κ1) is 13.0. The lowest BCUT2D eigenvalue weighted by molar-refractivity contribution is 0.204. The van der Waals surface area contributed by atoms with Gasteiger partial charge in [0, 0.05) is 10.2 Å². The molecule has 1 atom stereocenters. The summed E-state index contributed by atoms with van der Waals surface area (Å²) in [6.45, 7) is 1.92. The van der Waals surface area contributed by atoms with E-state index in [0.29, 0.717) is 5.75 Å². The molecule has 0 aliphatic carbocycles. The molecule has 0 spiro atoms. The number of rotatable bonds is 4. The summed E-state index contributed by atoms with van der Waals surface area (Å²) in [6.07, 6.45) is -0.475. The minimum absolute atomic E-state index is 0.475. The maximum atomic E-state index is 10.00.